The number of hydrogen-bond acceptors (Lipinski definition) is 4. The zero-order valence-electron chi connectivity index (χ0n) is 13.5. The van der Waals surface area contributed by atoms with E-state index in [4.69, 9.17) is 14.3 Å². The van der Waals surface area contributed by atoms with E-state index in [1.54, 1.807) is 19.2 Å². The van der Waals surface area contributed by atoms with Crippen molar-refractivity contribution in [2.45, 2.75) is 31.9 Å². The lowest BCUT2D eigenvalue weighted by molar-refractivity contribution is -0.137. The van der Waals surface area contributed by atoms with E-state index in [0.29, 0.717) is 25.2 Å². The molecule has 2 N–H and O–H groups in total. The Morgan fingerprint density at radius 2 is 1.96 bits per heavy atom. The number of furan rings is 1. The molecule has 2 rings (SSSR count). The van der Waals surface area contributed by atoms with Crippen molar-refractivity contribution in [3.05, 3.63) is 59.5 Å². The molecular weight excluding hydrogens is 310 g/mol. The van der Waals surface area contributed by atoms with E-state index in [1.165, 1.54) is 0 Å². The van der Waals surface area contributed by atoms with Crippen LogP contribution in [0.25, 0.3) is 0 Å². The Balaban J connectivity index is 2.02. The van der Waals surface area contributed by atoms with Gasteiger partial charge in [0.1, 0.15) is 12.4 Å². The number of aliphatic carboxylic acids is 1. The number of hydrogen-bond donors (Lipinski definition) is 2. The molecule has 128 valence electrons. The summed E-state index contributed by atoms with van der Waals surface area (Å²) in [7, 11) is 1.55. The third-order valence-electron chi connectivity index (χ3n) is 3.54. The van der Waals surface area contributed by atoms with Crippen LogP contribution in [-0.4, -0.2) is 30.1 Å². The average Bonchev–Trinajstić information content (AvgIpc) is 3.03. The van der Waals surface area contributed by atoms with Crippen molar-refractivity contribution >= 4 is 11.9 Å². The molecule has 1 unspecified atom stereocenters. The molecule has 0 bridgehead atoms. The number of amides is 1. The maximum atomic E-state index is 12.3. The number of benzene rings is 1. The Hall–Kier alpha value is -2.60. The van der Waals surface area contributed by atoms with Crippen molar-refractivity contribution in [2.24, 2.45) is 0 Å². The van der Waals surface area contributed by atoms with E-state index >= 15 is 0 Å². The molecule has 6 nitrogen and oxygen atoms in total. The number of nitrogens with one attached hydrogen (secondary N) is 1. The van der Waals surface area contributed by atoms with E-state index < -0.39 is 5.97 Å². The van der Waals surface area contributed by atoms with E-state index in [0.717, 1.165) is 5.56 Å². The molecule has 1 aromatic heterocycles. The van der Waals surface area contributed by atoms with Crippen molar-refractivity contribution in [3.8, 4) is 0 Å². The SMILES string of the molecule is COCc1ccc(C(=O)NC(CCC(=O)O)Cc2ccccc2)o1. The Kier molecular flexibility index (Phi) is 6.57. The summed E-state index contributed by atoms with van der Waals surface area (Å²) in [6.07, 6.45) is 0.901. The Labute approximate surface area is 140 Å². The molecule has 0 radical (unpaired) electrons. The highest BCUT2D eigenvalue weighted by Gasteiger charge is 2.18. The van der Waals surface area contributed by atoms with Crippen LogP contribution in [0.4, 0.5) is 0 Å². The van der Waals surface area contributed by atoms with Gasteiger partial charge in [-0.25, -0.2) is 0 Å². The third-order valence-corrected chi connectivity index (χ3v) is 3.54. The summed E-state index contributed by atoms with van der Waals surface area (Å²) in [6.45, 7) is 0.291. The second-order valence-electron chi connectivity index (χ2n) is 5.49. The molecule has 0 aliphatic rings. The smallest absolute Gasteiger partial charge is 0.303 e. The fraction of sp³-hybridized carbons (Fsp3) is 0.333. The van der Waals surface area contributed by atoms with Gasteiger partial charge in [-0.05, 0) is 30.5 Å². The van der Waals surface area contributed by atoms with Gasteiger partial charge in [-0.1, -0.05) is 30.3 Å². The summed E-state index contributed by atoms with van der Waals surface area (Å²) in [5.74, 6) is -0.491. The first kappa shape index (κ1) is 17.7. The Bertz CT molecular complexity index is 665. The molecule has 0 saturated heterocycles. The van der Waals surface area contributed by atoms with Crippen LogP contribution in [0.3, 0.4) is 0 Å². The van der Waals surface area contributed by atoms with E-state index in [2.05, 4.69) is 5.32 Å². The van der Waals surface area contributed by atoms with Gasteiger partial charge in [-0.15, -0.1) is 0 Å². The molecule has 1 atom stereocenters. The maximum absolute atomic E-state index is 12.3. The van der Waals surface area contributed by atoms with E-state index in [9.17, 15) is 9.59 Å². The molecule has 0 aliphatic carbocycles. The van der Waals surface area contributed by atoms with Crippen LogP contribution in [-0.2, 0) is 22.6 Å². The number of carboxylic acids is 1. The van der Waals surface area contributed by atoms with Crippen molar-refractivity contribution in [3.63, 3.8) is 0 Å². The standard InChI is InChI=1S/C18H21NO5/c1-23-12-15-8-9-16(24-15)18(22)19-14(7-10-17(20)21)11-13-5-3-2-4-6-13/h2-6,8-9,14H,7,10-12H2,1H3,(H,19,22)(H,20,21). The second-order valence-corrected chi connectivity index (χ2v) is 5.49. The molecule has 0 fully saturated rings. The first-order valence-electron chi connectivity index (χ1n) is 7.72. The van der Waals surface area contributed by atoms with Crippen LogP contribution in [0, 0.1) is 0 Å². The van der Waals surface area contributed by atoms with E-state index in [1.807, 2.05) is 30.3 Å². The fourth-order valence-electron chi connectivity index (χ4n) is 2.40. The number of methoxy groups -OCH3 is 1. The Morgan fingerprint density at radius 3 is 2.62 bits per heavy atom. The maximum Gasteiger partial charge on any atom is 0.303 e. The summed E-state index contributed by atoms with van der Waals surface area (Å²) in [5, 5.41) is 11.8. The Morgan fingerprint density at radius 1 is 1.21 bits per heavy atom. The normalized spacial score (nSPS) is 11.9. The van der Waals surface area contributed by atoms with Gasteiger partial charge in [0.15, 0.2) is 5.76 Å². The fourth-order valence-corrected chi connectivity index (χ4v) is 2.40. The van der Waals surface area contributed by atoms with E-state index in [-0.39, 0.29) is 24.1 Å². The topological polar surface area (TPSA) is 88.8 Å². The van der Waals surface area contributed by atoms with Gasteiger partial charge in [-0.2, -0.15) is 0 Å². The number of carbonyl (C=O) groups is 2. The molecule has 0 spiro atoms. The largest absolute Gasteiger partial charge is 0.481 e. The monoisotopic (exact) mass is 331 g/mol. The van der Waals surface area contributed by atoms with Crippen LogP contribution in [0.5, 0.6) is 0 Å². The lowest BCUT2D eigenvalue weighted by Crippen LogP contribution is -2.36. The number of carboxylic acid groups (broad SMARTS) is 1. The predicted molar refractivity (Wildman–Crippen MR) is 87.7 cm³/mol. The molecule has 2 aromatic rings. The van der Waals surface area contributed by atoms with Crippen LogP contribution in [0.2, 0.25) is 0 Å². The predicted octanol–water partition coefficient (Wildman–Crippen LogP) is 2.63. The van der Waals surface area contributed by atoms with Gasteiger partial charge in [0.25, 0.3) is 5.91 Å². The summed E-state index contributed by atoms with van der Waals surface area (Å²) in [6, 6.07) is 12.6. The first-order chi connectivity index (χ1) is 11.6. The lowest BCUT2D eigenvalue weighted by Gasteiger charge is -2.17. The zero-order chi connectivity index (χ0) is 17.4. The summed E-state index contributed by atoms with van der Waals surface area (Å²) >= 11 is 0. The highest BCUT2D eigenvalue weighted by molar-refractivity contribution is 5.91. The van der Waals surface area contributed by atoms with Crippen molar-refractivity contribution in [1.82, 2.24) is 5.32 Å². The van der Waals surface area contributed by atoms with Crippen molar-refractivity contribution in [1.29, 1.82) is 0 Å². The summed E-state index contributed by atoms with van der Waals surface area (Å²) in [5.41, 5.74) is 1.03. The summed E-state index contributed by atoms with van der Waals surface area (Å²) in [4.78, 5) is 23.2. The average molecular weight is 331 g/mol. The van der Waals surface area contributed by atoms with Crippen molar-refractivity contribution in [2.75, 3.05) is 7.11 Å². The van der Waals surface area contributed by atoms with Gasteiger partial charge >= 0.3 is 5.97 Å². The molecule has 0 aliphatic heterocycles. The highest BCUT2D eigenvalue weighted by Crippen LogP contribution is 2.12. The first-order valence-corrected chi connectivity index (χ1v) is 7.72. The molecular formula is C18H21NO5. The number of carbonyl (C=O) groups excluding carboxylic acids is 1. The molecule has 6 heteroatoms. The number of rotatable bonds is 9. The van der Waals surface area contributed by atoms with Gasteiger partial charge in [0.05, 0.1) is 0 Å². The highest BCUT2D eigenvalue weighted by atomic mass is 16.5. The molecule has 0 saturated carbocycles. The van der Waals surface area contributed by atoms with Crippen LogP contribution < -0.4 is 5.32 Å². The summed E-state index contributed by atoms with van der Waals surface area (Å²) < 4.78 is 10.4. The number of ether oxygens (including phenoxy) is 1. The van der Waals surface area contributed by atoms with Gasteiger partial charge in [0, 0.05) is 19.6 Å². The quantitative estimate of drug-likeness (QED) is 0.737. The van der Waals surface area contributed by atoms with Crippen LogP contribution in [0.15, 0.2) is 46.9 Å². The molecule has 1 aromatic carbocycles. The third kappa shape index (κ3) is 5.55. The molecule has 1 amide bonds. The molecule has 24 heavy (non-hydrogen) atoms. The minimum atomic E-state index is -0.886. The van der Waals surface area contributed by atoms with Crippen LogP contribution >= 0.6 is 0 Å². The van der Waals surface area contributed by atoms with Gasteiger partial charge in [-0.3, -0.25) is 9.59 Å². The second kappa shape index (κ2) is 8.88. The minimum absolute atomic E-state index is 0.00907. The van der Waals surface area contributed by atoms with Gasteiger partial charge in [0.2, 0.25) is 0 Å². The molecule has 1 heterocycles. The van der Waals surface area contributed by atoms with Gasteiger partial charge < -0.3 is 19.6 Å². The van der Waals surface area contributed by atoms with Crippen molar-refractivity contribution < 1.29 is 23.8 Å². The minimum Gasteiger partial charge on any atom is -0.481 e. The zero-order valence-corrected chi connectivity index (χ0v) is 13.5. The van der Waals surface area contributed by atoms with Crippen LogP contribution in [0.1, 0.15) is 34.7 Å². The lowest BCUT2D eigenvalue weighted by atomic mass is 10.0.